The summed E-state index contributed by atoms with van der Waals surface area (Å²) in [5, 5.41) is 5.98. The van der Waals surface area contributed by atoms with Crippen LogP contribution in [0.15, 0.2) is 54.6 Å². The van der Waals surface area contributed by atoms with Crippen LogP contribution in [0.2, 0.25) is 0 Å². The van der Waals surface area contributed by atoms with Crippen LogP contribution in [0.5, 0.6) is 0 Å². The maximum absolute atomic E-state index is 12.9. The molecule has 0 bridgehead atoms. The first-order valence-corrected chi connectivity index (χ1v) is 11.4. The van der Waals surface area contributed by atoms with E-state index in [1.807, 2.05) is 50.2 Å². The minimum absolute atomic E-state index is 0.00307. The molecule has 0 spiro atoms. The van der Waals surface area contributed by atoms with Gasteiger partial charge in [-0.2, -0.15) is 0 Å². The molecule has 1 saturated heterocycles. The fraction of sp³-hybridized carbons (Fsp3) is 0.462. The lowest BCUT2D eigenvalue weighted by Crippen LogP contribution is -2.50. The first-order valence-electron chi connectivity index (χ1n) is 11.4. The standard InChI is InChI=1S/C26H35N3O2/c1-20(2)25(28-24(30)17-21-11-5-3-6-12-21)26(31)27-18-22-13-7-8-14-23(22)19-29-15-9-4-10-16-29/h3,5-8,11-14,20,25H,4,9-10,15-19H2,1-2H3,(H,27,31)(H,28,30)/t25-/m0/s1. The largest absolute Gasteiger partial charge is 0.350 e. The van der Waals surface area contributed by atoms with Gasteiger partial charge in [0.1, 0.15) is 6.04 Å². The van der Waals surface area contributed by atoms with Crippen LogP contribution in [0, 0.1) is 5.92 Å². The monoisotopic (exact) mass is 421 g/mol. The highest BCUT2D eigenvalue weighted by atomic mass is 16.2. The molecule has 0 saturated carbocycles. The number of rotatable bonds is 9. The van der Waals surface area contributed by atoms with E-state index in [9.17, 15) is 9.59 Å². The van der Waals surface area contributed by atoms with Crippen LogP contribution in [0.25, 0.3) is 0 Å². The van der Waals surface area contributed by atoms with E-state index >= 15 is 0 Å². The zero-order chi connectivity index (χ0) is 22.1. The number of likely N-dealkylation sites (tertiary alicyclic amines) is 1. The summed E-state index contributed by atoms with van der Waals surface area (Å²) in [6.45, 7) is 7.59. The lowest BCUT2D eigenvalue weighted by Gasteiger charge is -2.27. The van der Waals surface area contributed by atoms with Gasteiger partial charge in [-0.25, -0.2) is 0 Å². The second kappa shape index (κ2) is 11.7. The molecule has 2 aromatic rings. The molecule has 1 atom stereocenters. The summed E-state index contributed by atoms with van der Waals surface area (Å²) in [6.07, 6.45) is 4.12. The van der Waals surface area contributed by atoms with Crippen molar-refractivity contribution in [3.05, 3.63) is 71.3 Å². The summed E-state index contributed by atoms with van der Waals surface area (Å²) >= 11 is 0. The van der Waals surface area contributed by atoms with Crippen molar-refractivity contribution in [3.63, 3.8) is 0 Å². The smallest absolute Gasteiger partial charge is 0.243 e. The Labute approximate surface area is 186 Å². The normalized spacial score (nSPS) is 15.5. The van der Waals surface area contributed by atoms with Crippen LogP contribution in [-0.4, -0.2) is 35.8 Å². The second-order valence-corrected chi connectivity index (χ2v) is 8.77. The molecule has 1 aliphatic rings. The summed E-state index contributed by atoms with van der Waals surface area (Å²) < 4.78 is 0. The first kappa shape index (κ1) is 23.0. The van der Waals surface area contributed by atoms with E-state index in [0.717, 1.165) is 30.8 Å². The zero-order valence-electron chi connectivity index (χ0n) is 18.8. The third-order valence-corrected chi connectivity index (χ3v) is 5.89. The molecule has 2 N–H and O–H groups in total. The van der Waals surface area contributed by atoms with Crippen molar-refractivity contribution in [1.82, 2.24) is 15.5 Å². The predicted molar refractivity (Wildman–Crippen MR) is 124 cm³/mol. The quantitative estimate of drug-likeness (QED) is 0.649. The molecule has 2 amide bonds. The van der Waals surface area contributed by atoms with Gasteiger partial charge in [0.05, 0.1) is 6.42 Å². The number of hydrogen-bond acceptors (Lipinski definition) is 3. The zero-order valence-corrected chi connectivity index (χ0v) is 18.8. The van der Waals surface area contributed by atoms with Crippen molar-refractivity contribution in [1.29, 1.82) is 0 Å². The maximum Gasteiger partial charge on any atom is 0.243 e. The number of amides is 2. The Morgan fingerprint density at radius 2 is 1.55 bits per heavy atom. The van der Waals surface area contributed by atoms with Crippen LogP contribution >= 0.6 is 0 Å². The fourth-order valence-electron chi connectivity index (χ4n) is 4.08. The average Bonchev–Trinajstić information content (AvgIpc) is 2.78. The Hall–Kier alpha value is -2.66. The number of benzene rings is 2. The third kappa shape index (κ3) is 7.21. The van der Waals surface area contributed by atoms with Gasteiger partial charge in [-0.15, -0.1) is 0 Å². The molecule has 2 aromatic carbocycles. The van der Waals surface area contributed by atoms with Crippen LogP contribution < -0.4 is 10.6 Å². The van der Waals surface area contributed by atoms with Crippen molar-refractivity contribution in [2.45, 2.75) is 58.7 Å². The Bertz CT molecular complexity index is 845. The van der Waals surface area contributed by atoms with Crippen LogP contribution in [0.3, 0.4) is 0 Å². The van der Waals surface area contributed by atoms with Crippen molar-refractivity contribution in [2.75, 3.05) is 13.1 Å². The molecule has 1 heterocycles. The van der Waals surface area contributed by atoms with Crippen molar-refractivity contribution >= 4 is 11.8 Å². The number of carbonyl (C=O) groups excluding carboxylic acids is 2. The molecule has 166 valence electrons. The highest BCUT2D eigenvalue weighted by Crippen LogP contribution is 2.16. The Kier molecular flexibility index (Phi) is 8.65. The molecule has 1 fully saturated rings. The number of carbonyl (C=O) groups is 2. The van der Waals surface area contributed by atoms with E-state index in [1.54, 1.807) is 0 Å². The van der Waals surface area contributed by atoms with E-state index in [2.05, 4.69) is 33.7 Å². The predicted octanol–water partition coefficient (Wildman–Crippen LogP) is 3.67. The van der Waals surface area contributed by atoms with Crippen LogP contribution in [0.4, 0.5) is 0 Å². The van der Waals surface area contributed by atoms with Crippen LogP contribution in [0.1, 0.15) is 49.8 Å². The third-order valence-electron chi connectivity index (χ3n) is 5.89. The van der Waals surface area contributed by atoms with E-state index < -0.39 is 6.04 Å². The van der Waals surface area contributed by atoms with Gasteiger partial charge in [0.2, 0.25) is 11.8 Å². The van der Waals surface area contributed by atoms with Gasteiger partial charge >= 0.3 is 0 Å². The van der Waals surface area contributed by atoms with Crippen molar-refractivity contribution in [3.8, 4) is 0 Å². The van der Waals surface area contributed by atoms with E-state index in [4.69, 9.17) is 0 Å². The summed E-state index contributed by atoms with van der Waals surface area (Å²) in [5.74, 6) is -0.266. The minimum atomic E-state index is -0.550. The van der Waals surface area contributed by atoms with Gasteiger partial charge in [0, 0.05) is 13.1 Å². The van der Waals surface area contributed by atoms with Crippen molar-refractivity contribution in [2.24, 2.45) is 5.92 Å². The lowest BCUT2D eigenvalue weighted by molar-refractivity contribution is -0.129. The van der Waals surface area contributed by atoms with Gasteiger partial charge in [0.15, 0.2) is 0 Å². The molecular formula is C26H35N3O2. The molecule has 0 unspecified atom stereocenters. The number of piperidine rings is 1. The molecule has 0 aliphatic carbocycles. The Balaban J connectivity index is 1.57. The van der Waals surface area contributed by atoms with Gasteiger partial charge in [-0.1, -0.05) is 74.9 Å². The summed E-state index contributed by atoms with van der Waals surface area (Å²) in [4.78, 5) is 27.9. The number of nitrogens with zero attached hydrogens (tertiary/aromatic N) is 1. The highest BCUT2D eigenvalue weighted by molar-refractivity contribution is 5.88. The van der Waals surface area contributed by atoms with Gasteiger partial charge < -0.3 is 10.6 Å². The molecule has 5 nitrogen and oxygen atoms in total. The van der Waals surface area contributed by atoms with E-state index in [0.29, 0.717) is 6.54 Å². The topological polar surface area (TPSA) is 61.4 Å². The summed E-state index contributed by atoms with van der Waals surface area (Å²) in [6, 6.07) is 17.4. The first-order chi connectivity index (χ1) is 15.0. The van der Waals surface area contributed by atoms with Gasteiger partial charge in [-0.05, 0) is 48.5 Å². The summed E-state index contributed by atoms with van der Waals surface area (Å²) in [7, 11) is 0. The SMILES string of the molecule is CC(C)[C@H](NC(=O)Cc1ccccc1)C(=O)NCc1ccccc1CN1CCCCC1. The van der Waals surface area contributed by atoms with Crippen LogP contribution in [-0.2, 0) is 29.1 Å². The minimum Gasteiger partial charge on any atom is -0.350 e. The Morgan fingerprint density at radius 1 is 0.903 bits per heavy atom. The maximum atomic E-state index is 12.9. The molecule has 1 aliphatic heterocycles. The molecule has 5 heteroatoms. The molecule has 0 aromatic heterocycles. The fourth-order valence-corrected chi connectivity index (χ4v) is 4.08. The molecular weight excluding hydrogens is 386 g/mol. The number of hydrogen-bond donors (Lipinski definition) is 2. The molecule has 31 heavy (non-hydrogen) atoms. The Morgan fingerprint density at radius 3 is 2.23 bits per heavy atom. The summed E-state index contributed by atoms with van der Waals surface area (Å²) in [5.41, 5.74) is 3.34. The van der Waals surface area contributed by atoms with Crippen molar-refractivity contribution < 1.29 is 9.59 Å². The highest BCUT2D eigenvalue weighted by Gasteiger charge is 2.24. The lowest BCUT2D eigenvalue weighted by atomic mass is 10.0. The van der Waals surface area contributed by atoms with E-state index in [1.165, 1.54) is 24.8 Å². The average molecular weight is 422 g/mol. The molecule has 3 rings (SSSR count). The van der Waals surface area contributed by atoms with Gasteiger partial charge in [-0.3, -0.25) is 14.5 Å². The number of nitrogens with one attached hydrogen (secondary N) is 2. The van der Waals surface area contributed by atoms with Gasteiger partial charge in [0.25, 0.3) is 0 Å². The molecule has 0 radical (unpaired) electrons. The van der Waals surface area contributed by atoms with E-state index in [-0.39, 0.29) is 24.2 Å². The second-order valence-electron chi connectivity index (χ2n) is 8.77.